The first kappa shape index (κ1) is 19.3. The van der Waals surface area contributed by atoms with E-state index in [1.165, 1.54) is 17.7 Å². The molecular formula is C21H24N2O3S. The Morgan fingerprint density at radius 3 is 2.26 bits per heavy atom. The number of piperidine rings is 1. The van der Waals surface area contributed by atoms with Crippen molar-refractivity contribution in [3.63, 3.8) is 0 Å². The predicted molar refractivity (Wildman–Crippen MR) is 106 cm³/mol. The molecule has 5 nitrogen and oxygen atoms in total. The van der Waals surface area contributed by atoms with Gasteiger partial charge in [-0.2, -0.15) is 0 Å². The summed E-state index contributed by atoms with van der Waals surface area (Å²) in [5.41, 5.74) is 2.11. The van der Waals surface area contributed by atoms with Crippen LogP contribution >= 0.6 is 0 Å². The van der Waals surface area contributed by atoms with E-state index in [0.29, 0.717) is 5.92 Å². The van der Waals surface area contributed by atoms with E-state index in [-0.39, 0.29) is 10.8 Å². The highest BCUT2D eigenvalue weighted by Crippen LogP contribution is 2.22. The number of likely N-dealkylation sites (tertiary alicyclic amines) is 1. The fraction of sp³-hybridized carbons (Fsp3) is 0.286. The summed E-state index contributed by atoms with van der Waals surface area (Å²) in [5, 5.41) is 5.08. The highest BCUT2D eigenvalue weighted by atomic mass is 32.2. The average Bonchev–Trinajstić information content (AvgIpc) is 2.67. The molecule has 6 heteroatoms. The molecule has 1 aliphatic heterocycles. The lowest BCUT2D eigenvalue weighted by Crippen LogP contribution is -2.37. The summed E-state index contributed by atoms with van der Waals surface area (Å²) in [7, 11) is -3.70. The molecule has 0 aromatic heterocycles. The zero-order chi connectivity index (χ0) is 19.3. The van der Waals surface area contributed by atoms with Crippen molar-refractivity contribution in [2.45, 2.75) is 24.2 Å². The standard InChI is InChI=1S/C21H24N2O3S/c22-27(25,26)20-9-6-17(7-10-20)8-11-21(24)23-14-12-19(13-15-23)16-18-4-2-1-3-5-18/h1-11,19H,12-16H2,(H2,22,25,26). The molecule has 2 aromatic rings. The number of hydrogen-bond acceptors (Lipinski definition) is 3. The number of benzene rings is 2. The van der Waals surface area contributed by atoms with E-state index in [9.17, 15) is 13.2 Å². The summed E-state index contributed by atoms with van der Waals surface area (Å²) in [6.07, 6.45) is 6.33. The number of amides is 1. The molecule has 0 bridgehead atoms. The SMILES string of the molecule is NS(=O)(=O)c1ccc(C=CC(=O)N2CCC(Cc3ccccc3)CC2)cc1. The summed E-state index contributed by atoms with van der Waals surface area (Å²) >= 11 is 0. The summed E-state index contributed by atoms with van der Waals surface area (Å²) in [5.74, 6) is 0.606. The van der Waals surface area contributed by atoms with Gasteiger partial charge in [-0.1, -0.05) is 42.5 Å². The van der Waals surface area contributed by atoms with E-state index < -0.39 is 10.0 Å². The topological polar surface area (TPSA) is 80.5 Å². The first-order valence-electron chi connectivity index (χ1n) is 9.05. The minimum absolute atomic E-state index is 0.0105. The molecule has 2 N–H and O–H groups in total. The molecule has 2 aromatic carbocycles. The van der Waals surface area contributed by atoms with Gasteiger partial charge in [-0.25, -0.2) is 13.6 Å². The van der Waals surface area contributed by atoms with Gasteiger partial charge in [0.05, 0.1) is 4.90 Å². The maximum atomic E-state index is 12.4. The average molecular weight is 385 g/mol. The number of carbonyl (C=O) groups excluding carboxylic acids is 1. The molecule has 1 fully saturated rings. The fourth-order valence-electron chi connectivity index (χ4n) is 3.35. The maximum absolute atomic E-state index is 12.4. The van der Waals surface area contributed by atoms with Gasteiger partial charge in [0.2, 0.25) is 15.9 Å². The van der Waals surface area contributed by atoms with E-state index in [1.807, 2.05) is 11.0 Å². The second-order valence-corrected chi connectivity index (χ2v) is 8.47. The lowest BCUT2D eigenvalue weighted by molar-refractivity contribution is -0.127. The molecule has 0 spiro atoms. The van der Waals surface area contributed by atoms with Crippen LogP contribution < -0.4 is 5.14 Å². The molecule has 3 rings (SSSR count). The van der Waals surface area contributed by atoms with Crippen LogP contribution in [0.4, 0.5) is 0 Å². The smallest absolute Gasteiger partial charge is 0.246 e. The third-order valence-corrected chi connectivity index (χ3v) is 5.85. The van der Waals surface area contributed by atoms with Crippen molar-refractivity contribution in [1.82, 2.24) is 4.90 Å². The Bertz CT molecular complexity index is 898. The number of sulfonamides is 1. The molecule has 0 aliphatic carbocycles. The summed E-state index contributed by atoms with van der Waals surface area (Å²) in [6.45, 7) is 1.54. The molecule has 142 valence electrons. The third-order valence-electron chi connectivity index (χ3n) is 4.92. The van der Waals surface area contributed by atoms with Gasteiger partial charge < -0.3 is 4.90 Å². The fourth-order valence-corrected chi connectivity index (χ4v) is 3.86. The Kier molecular flexibility index (Phi) is 6.08. The number of carbonyl (C=O) groups is 1. The molecule has 27 heavy (non-hydrogen) atoms. The highest BCUT2D eigenvalue weighted by Gasteiger charge is 2.21. The monoisotopic (exact) mass is 384 g/mol. The third kappa shape index (κ3) is 5.52. The number of nitrogens with zero attached hydrogens (tertiary/aromatic N) is 1. The number of nitrogens with two attached hydrogens (primary N) is 1. The lowest BCUT2D eigenvalue weighted by atomic mass is 9.90. The van der Waals surface area contributed by atoms with Crippen molar-refractivity contribution in [3.8, 4) is 0 Å². The Morgan fingerprint density at radius 1 is 1.04 bits per heavy atom. The number of rotatable bonds is 5. The van der Waals surface area contributed by atoms with Gasteiger partial charge in [0, 0.05) is 19.2 Å². The van der Waals surface area contributed by atoms with Gasteiger partial charge in [0.15, 0.2) is 0 Å². The molecule has 1 saturated heterocycles. The zero-order valence-electron chi connectivity index (χ0n) is 15.1. The molecule has 1 amide bonds. The van der Waals surface area contributed by atoms with E-state index in [2.05, 4.69) is 24.3 Å². The van der Waals surface area contributed by atoms with Crippen molar-refractivity contribution in [3.05, 3.63) is 71.8 Å². The molecule has 0 unspecified atom stereocenters. The second kappa shape index (κ2) is 8.50. The van der Waals surface area contributed by atoms with Crippen LogP contribution in [0.3, 0.4) is 0 Å². The van der Waals surface area contributed by atoms with Gasteiger partial charge >= 0.3 is 0 Å². The van der Waals surface area contributed by atoms with Crippen LogP contribution in [0.15, 0.2) is 65.6 Å². The molecular weight excluding hydrogens is 360 g/mol. The van der Waals surface area contributed by atoms with Crippen molar-refractivity contribution in [2.75, 3.05) is 13.1 Å². The van der Waals surface area contributed by atoms with E-state index in [4.69, 9.17) is 5.14 Å². The Morgan fingerprint density at radius 2 is 1.67 bits per heavy atom. The Balaban J connectivity index is 1.51. The van der Waals surface area contributed by atoms with Crippen LogP contribution in [0, 0.1) is 5.92 Å². The number of primary sulfonamides is 1. The Hall–Kier alpha value is -2.44. The van der Waals surface area contributed by atoms with Gasteiger partial charge in [-0.05, 0) is 54.5 Å². The highest BCUT2D eigenvalue weighted by molar-refractivity contribution is 7.89. The summed E-state index contributed by atoms with van der Waals surface area (Å²) < 4.78 is 22.5. The molecule has 1 heterocycles. The minimum atomic E-state index is -3.70. The molecule has 0 atom stereocenters. The van der Waals surface area contributed by atoms with Crippen LogP contribution in [0.5, 0.6) is 0 Å². The minimum Gasteiger partial charge on any atom is -0.339 e. The summed E-state index contributed by atoms with van der Waals surface area (Å²) in [4.78, 5) is 14.3. The second-order valence-electron chi connectivity index (χ2n) is 6.91. The van der Waals surface area contributed by atoms with E-state index in [1.54, 1.807) is 24.3 Å². The van der Waals surface area contributed by atoms with Crippen molar-refractivity contribution < 1.29 is 13.2 Å². The largest absolute Gasteiger partial charge is 0.339 e. The Labute approximate surface area is 160 Å². The lowest BCUT2D eigenvalue weighted by Gasteiger charge is -2.31. The molecule has 0 radical (unpaired) electrons. The van der Waals surface area contributed by atoms with Crippen LogP contribution in [-0.2, 0) is 21.2 Å². The maximum Gasteiger partial charge on any atom is 0.246 e. The quantitative estimate of drug-likeness (QED) is 0.805. The number of hydrogen-bond donors (Lipinski definition) is 1. The normalized spacial score (nSPS) is 16.0. The first-order valence-corrected chi connectivity index (χ1v) is 10.6. The van der Waals surface area contributed by atoms with Gasteiger partial charge in [-0.3, -0.25) is 4.79 Å². The summed E-state index contributed by atoms with van der Waals surface area (Å²) in [6, 6.07) is 16.6. The predicted octanol–water partition coefficient (Wildman–Crippen LogP) is 2.83. The van der Waals surface area contributed by atoms with Crippen molar-refractivity contribution >= 4 is 22.0 Å². The van der Waals surface area contributed by atoms with Gasteiger partial charge in [0.1, 0.15) is 0 Å². The van der Waals surface area contributed by atoms with Crippen LogP contribution in [0.1, 0.15) is 24.0 Å². The van der Waals surface area contributed by atoms with E-state index >= 15 is 0 Å². The van der Waals surface area contributed by atoms with Crippen LogP contribution in [0.2, 0.25) is 0 Å². The van der Waals surface area contributed by atoms with Crippen LogP contribution in [-0.4, -0.2) is 32.3 Å². The van der Waals surface area contributed by atoms with E-state index in [0.717, 1.165) is 37.9 Å². The van der Waals surface area contributed by atoms with Gasteiger partial charge in [-0.15, -0.1) is 0 Å². The molecule has 1 aliphatic rings. The van der Waals surface area contributed by atoms with Crippen molar-refractivity contribution in [2.24, 2.45) is 11.1 Å². The molecule has 0 saturated carbocycles. The zero-order valence-corrected chi connectivity index (χ0v) is 15.9. The van der Waals surface area contributed by atoms with Crippen LogP contribution in [0.25, 0.3) is 6.08 Å². The van der Waals surface area contributed by atoms with Crippen molar-refractivity contribution in [1.29, 1.82) is 0 Å². The first-order chi connectivity index (χ1) is 12.9. The van der Waals surface area contributed by atoms with Gasteiger partial charge in [0.25, 0.3) is 0 Å².